The van der Waals surface area contributed by atoms with Crippen molar-refractivity contribution in [3.05, 3.63) is 41.4 Å². The summed E-state index contributed by atoms with van der Waals surface area (Å²) < 4.78 is 6.47. The molecule has 3 amide bonds. The van der Waals surface area contributed by atoms with Gasteiger partial charge in [-0.1, -0.05) is 55.5 Å². The second-order valence-electron chi connectivity index (χ2n) is 11.8. The first kappa shape index (κ1) is 26.8. The minimum Gasteiger partial charge on any atom is -0.359 e. The smallest absolute Gasteiger partial charge is 0.246 e. The summed E-state index contributed by atoms with van der Waals surface area (Å²) in [5, 5.41) is 6.71. The van der Waals surface area contributed by atoms with Crippen LogP contribution in [0.4, 0.5) is 5.69 Å². The fourth-order valence-corrected chi connectivity index (χ4v) is 7.66. The Bertz CT molecular complexity index is 1130. The number of benzene rings is 1. The van der Waals surface area contributed by atoms with Crippen LogP contribution in [0.2, 0.25) is 5.02 Å². The summed E-state index contributed by atoms with van der Waals surface area (Å²) in [6, 6.07) is 6.32. The average Bonchev–Trinajstić information content (AvgIpc) is 3.57. The van der Waals surface area contributed by atoms with Gasteiger partial charge in [0.15, 0.2) is 0 Å². The normalized spacial score (nSPS) is 32.4. The van der Waals surface area contributed by atoms with Crippen molar-refractivity contribution in [3.63, 3.8) is 0 Å². The highest BCUT2D eigenvalue weighted by Gasteiger charge is 2.72. The number of ether oxygens (including phenoxy) is 1. The zero-order chi connectivity index (χ0) is 27.0. The number of hydrogen-bond donors (Lipinski definition) is 2. The molecule has 1 saturated carbocycles. The van der Waals surface area contributed by atoms with E-state index in [0.717, 1.165) is 51.7 Å². The number of piperidine rings is 1. The van der Waals surface area contributed by atoms with Gasteiger partial charge < -0.3 is 25.2 Å². The molecule has 6 rings (SSSR count). The number of anilines is 1. The van der Waals surface area contributed by atoms with Gasteiger partial charge in [0.2, 0.25) is 17.7 Å². The molecule has 1 aromatic rings. The van der Waals surface area contributed by atoms with Crippen molar-refractivity contribution >= 4 is 35.0 Å². The molecule has 1 aromatic carbocycles. The predicted octanol–water partition coefficient (Wildman–Crippen LogP) is 3.75. The maximum absolute atomic E-state index is 14.1. The van der Waals surface area contributed by atoms with Crippen LogP contribution < -0.4 is 10.6 Å². The molecule has 5 aliphatic rings. The highest BCUT2D eigenvalue weighted by molar-refractivity contribution is 6.30. The lowest BCUT2D eigenvalue weighted by molar-refractivity contribution is -0.141. The summed E-state index contributed by atoms with van der Waals surface area (Å²) in [7, 11) is 0. The van der Waals surface area contributed by atoms with E-state index in [9.17, 15) is 14.4 Å². The molecule has 1 aliphatic carbocycles. The minimum absolute atomic E-state index is 0.122. The van der Waals surface area contributed by atoms with E-state index in [-0.39, 0.29) is 23.8 Å². The van der Waals surface area contributed by atoms with Crippen LogP contribution in [0.5, 0.6) is 0 Å². The van der Waals surface area contributed by atoms with E-state index in [0.29, 0.717) is 17.3 Å². The average molecular weight is 555 g/mol. The van der Waals surface area contributed by atoms with E-state index in [1.54, 1.807) is 29.2 Å². The Morgan fingerprint density at radius 1 is 1.03 bits per heavy atom. The number of nitrogens with zero attached hydrogens (tertiary/aromatic N) is 2. The lowest BCUT2D eigenvalue weighted by atomic mass is 9.74. The van der Waals surface area contributed by atoms with Crippen LogP contribution in [0.15, 0.2) is 36.4 Å². The molecule has 0 aromatic heterocycles. The number of hydrogen-bond acceptors (Lipinski definition) is 5. The van der Waals surface area contributed by atoms with Gasteiger partial charge in [0.1, 0.15) is 11.6 Å². The molecule has 3 unspecified atom stereocenters. The highest BCUT2D eigenvalue weighted by atomic mass is 35.5. The Morgan fingerprint density at radius 2 is 1.79 bits per heavy atom. The predicted molar refractivity (Wildman–Crippen MR) is 149 cm³/mol. The Hall–Kier alpha value is -2.42. The zero-order valence-corrected chi connectivity index (χ0v) is 23.2. The SMILES string of the molecule is O=C(Nc1cccc(Cl)c1)C1[C@@H]2C=CC3(O2)C(C(=O)NC2CCCCC2)N(CCCN2CCCCC2)C(=O)[C@H]13. The monoisotopic (exact) mass is 554 g/mol. The number of carbonyl (C=O) groups excluding carboxylic acids is 3. The molecule has 39 heavy (non-hydrogen) atoms. The van der Waals surface area contributed by atoms with Crippen LogP contribution in [-0.4, -0.2) is 77.5 Å². The number of nitrogens with one attached hydrogen (secondary N) is 2. The maximum Gasteiger partial charge on any atom is 0.246 e. The number of amides is 3. The second kappa shape index (κ2) is 11.2. The zero-order valence-electron chi connectivity index (χ0n) is 22.4. The van der Waals surface area contributed by atoms with Gasteiger partial charge in [0.05, 0.1) is 17.9 Å². The molecule has 9 heteroatoms. The Balaban J connectivity index is 1.24. The van der Waals surface area contributed by atoms with Gasteiger partial charge in [-0.25, -0.2) is 0 Å². The third-order valence-corrected chi connectivity index (χ3v) is 9.53. The molecule has 4 heterocycles. The van der Waals surface area contributed by atoms with Gasteiger partial charge in [-0.3, -0.25) is 14.4 Å². The molecule has 5 atom stereocenters. The first-order chi connectivity index (χ1) is 19.0. The van der Waals surface area contributed by atoms with Crippen molar-refractivity contribution in [2.45, 2.75) is 81.6 Å². The van der Waals surface area contributed by atoms with Gasteiger partial charge >= 0.3 is 0 Å². The van der Waals surface area contributed by atoms with Crippen LogP contribution in [-0.2, 0) is 19.1 Å². The topological polar surface area (TPSA) is 91.0 Å². The molecular weight excluding hydrogens is 516 g/mol. The number of fused-ring (bicyclic) bond motifs is 1. The molecule has 1 spiro atoms. The number of halogens is 1. The van der Waals surface area contributed by atoms with E-state index >= 15 is 0 Å². The van der Waals surface area contributed by atoms with Crippen molar-refractivity contribution in [1.29, 1.82) is 0 Å². The van der Waals surface area contributed by atoms with E-state index in [1.807, 2.05) is 12.2 Å². The molecule has 8 nitrogen and oxygen atoms in total. The molecule has 4 aliphatic heterocycles. The Labute approximate surface area is 235 Å². The van der Waals surface area contributed by atoms with Crippen molar-refractivity contribution in [1.82, 2.24) is 15.1 Å². The summed E-state index contributed by atoms with van der Waals surface area (Å²) >= 11 is 6.12. The second-order valence-corrected chi connectivity index (χ2v) is 12.3. The van der Waals surface area contributed by atoms with Crippen LogP contribution in [0.3, 0.4) is 0 Å². The maximum atomic E-state index is 14.1. The molecule has 210 valence electrons. The lowest BCUT2D eigenvalue weighted by Gasteiger charge is -2.34. The first-order valence-electron chi connectivity index (χ1n) is 14.7. The summed E-state index contributed by atoms with van der Waals surface area (Å²) in [5.74, 6) is -2.04. The third-order valence-electron chi connectivity index (χ3n) is 9.29. The molecular formula is C30H39ClN4O4. The molecule has 2 N–H and O–H groups in total. The molecule has 3 saturated heterocycles. The van der Waals surface area contributed by atoms with Gasteiger partial charge in [-0.2, -0.15) is 0 Å². The van der Waals surface area contributed by atoms with Gasteiger partial charge in [0, 0.05) is 23.3 Å². The highest BCUT2D eigenvalue weighted by Crippen LogP contribution is 2.55. The largest absolute Gasteiger partial charge is 0.359 e. The lowest BCUT2D eigenvalue weighted by Crippen LogP contribution is -2.56. The van der Waals surface area contributed by atoms with E-state index in [1.165, 1.54) is 25.7 Å². The molecule has 4 fully saturated rings. The number of carbonyl (C=O) groups is 3. The third kappa shape index (κ3) is 5.11. The van der Waals surface area contributed by atoms with Crippen LogP contribution in [0, 0.1) is 11.8 Å². The fraction of sp³-hybridized carbons (Fsp3) is 0.633. The van der Waals surface area contributed by atoms with E-state index in [2.05, 4.69) is 15.5 Å². The summed E-state index contributed by atoms with van der Waals surface area (Å²) in [4.78, 5) is 45.8. The van der Waals surface area contributed by atoms with Gasteiger partial charge in [-0.15, -0.1) is 0 Å². The Kier molecular flexibility index (Phi) is 7.71. The fourth-order valence-electron chi connectivity index (χ4n) is 7.47. The summed E-state index contributed by atoms with van der Waals surface area (Å²) in [6.45, 7) is 3.55. The minimum atomic E-state index is -1.12. The van der Waals surface area contributed by atoms with E-state index in [4.69, 9.17) is 16.3 Å². The van der Waals surface area contributed by atoms with Gasteiger partial charge in [-0.05, 0) is 69.9 Å². The van der Waals surface area contributed by atoms with Gasteiger partial charge in [0.25, 0.3) is 0 Å². The summed E-state index contributed by atoms with van der Waals surface area (Å²) in [6.07, 6.45) is 13.0. The standard InChI is InChI=1S/C30H39ClN4O4/c31-20-9-7-12-22(19-20)33-27(36)24-23-13-14-30(39-23)25(24)29(38)35(18-8-17-34-15-5-2-6-16-34)26(30)28(37)32-21-10-3-1-4-11-21/h7,9,12-14,19,21,23-26H,1-6,8,10-11,15-18H2,(H,32,37)(H,33,36)/t23-,24?,25-,26?,30?/m0/s1. The molecule has 2 bridgehead atoms. The van der Waals surface area contributed by atoms with Crippen molar-refractivity contribution in [2.75, 3.05) is 31.5 Å². The number of rotatable bonds is 8. The number of likely N-dealkylation sites (tertiary alicyclic amines) is 2. The van der Waals surface area contributed by atoms with Crippen molar-refractivity contribution in [2.24, 2.45) is 11.8 Å². The van der Waals surface area contributed by atoms with Crippen molar-refractivity contribution < 1.29 is 19.1 Å². The Morgan fingerprint density at radius 3 is 2.56 bits per heavy atom. The molecule has 0 radical (unpaired) electrons. The van der Waals surface area contributed by atoms with Crippen LogP contribution in [0.1, 0.15) is 57.8 Å². The van der Waals surface area contributed by atoms with Crippen LogP contribution in [0.25, 0.3) is 0 Å². The van der Waals surface area contributed by atoms with Crippen LogP contribution >= 0.6 is 11.6 Å². The first-order valence-corrected chi connectivity index (χ1v) is 15.1. The van der Waals surface area contributed by atoms with E-state index < -0.39 is 29.6 Å². The van der Waals surface area contributed by atoms with Crippen molar-refractivity contribution in [3.8, 4) is 0 Å². The summed E-state index contributed by atoms with van der Waals surface area (Å²) in [5.41, 5.74) is -0.550. The quantitative estimate of drug-likeness (QED) is 0.478.